The molecule has 2 atom stereocenters. The van der Waals surface area contributed by atoms with Crippen molar-refractivity contribution in [2.75, 3.05) is 13.1 Å². The lowest BCUT2D eigenvalue weighted by molar-refractivity contribution is -0.132. The monoisotopic (exact) mass is 307 g/mol. The van der Waals surface area contributed by atoms with Gasteiger partial charge in [-0.1, -0.05) is 6.42 Å². The Morgan fingerprint density at radius 2 is 2.14 bits per heavy atom. The smallest absolute Gasteiger partial charge is 0.238 e. The normalized spacial score (nSPS) is 26.7. The molecule has 1 amide bonds. The number of hydrogen-bond donors (Lipinski definition) is 1. The Kier molecular flexibility index (Phi) is 4.62. The van der Waals surface area contributed by atoms with Crippen molar-refractivity contribution in [3.63, 3.8) is 0 Å². The second kappa shape index (κ2) is 6.46. The first-order valence-electron chi connectivity index (χ1n) is 8.00. The van der Waals surface area contributed by atoms with Crippen LogP contribution in [-0.4, -0.2) is 41.0 Å². The van der Waals surface area contributed by atoms with E-state index in [1.807, 2.05) is 16.2 Å². The number of hydrazine groups is 1. The summed E-state index contributed by atoms with van der Waals surface area (Å²) in [6.07, 6.45) is 4.73. The molecular weight excluding hydrogens is 282 g/mol. The Morgan fingerprint density at radius 3 is 2.90 bits per heavy atom. The Balaban J connectivity index is 1.53. The van der Waals surface area contributed by atoms with Gasteiger partial charge >= 0.3 is 0 Å². The lowest BCUT2D eigenvalue weighted by atomic mass is 10.00. The third kappa shape index (κ3) is 3.30. The molecule has 1 aromatic rings. The lowest BCUT2D eigenvalue weighted by Crippen LogP contribution is -2.54. The molecule has 0 aromatic carbocycles. The molecule has 0 bridgehead atoms. The predicted octanol–water partition coefficient (Wildman–Crippen LogP) is 2.40. The van der Waals surface area contributed by atoms with Gasteiger partial charge in [0.2, 0.25) is 5.91 Å². The molecule has 0 radical (unpaired) electrons. The van der Waals surface area contributed by atoms with Crippen molar-refractivity contribution in [1.29, 1.82) is 0 Å². The zero-order valence-electron chi connectivity index (χ0n) is 13.0. The van der Waals surface area contributed by atoms with Gasteiger partial charge in [0.15, 0.2) is 0 Å². The average Bonchev–Trinajstić information content (AvgIpc) is 2.93. The van der Waals surface area contributed by atoms with Crippen LogP contribution < -0.4 is 5.43 Å². The van der Waals surface area contributed by atoms with Crippen molar-refractivity contribution >= 4 is 17.2 Å². The summed E-state index contributed by atoms with van der Waals surface area (Å²) in [5.41, 5.74) is 4.71. The first-order chi connectivity index (χ1) is 10.1. The molecule has 4 nitrogen and oxygen atoms in total. The van der Waals surface area contributed by atoms with Crippen LogP contribution in [0.3, 0.4) is 0 Å². The molecule has 2 aliphatic heterocycles. The number of amides is 1. The van der Waals surface area contributed by atoms with Crippen molar-refractivity contribution in [2.24, 2.45) is 0 Å². The van der Waals surface area contributed by atoms with Crippen LogP contribution in [0.1, 0.15) is 43.6 Å². The van der Waals surface area contributed by atoms with Crippen LogP contribution in [0.2, 0.25) is 0 Å². The Labute approximate surface area is 131 Å². The van der Waals surface area contributed by atoms with E-state index in [0.29, 0.717) is 18.6 Å². The van der Waals surface area contributed by atoms with Gasteiger partial charge in [-0.05, 0) is 50.1 Å². The van der Waals surface area contributed by atoms with E-state index in [-0.39, 0.29) is 5.91 Å². The van der Waals surface area contributed by atoms with Gasteiger partial charge in [-0.25, -0.2) is 10.4 Å². The summed E-state index contributed by atoms with van der Waals surface area (Å²) in [5.74, 6) is 0.219. The first-order valence-corrected chi connectivity index (χ1v) is 8.88. The minimum Gasteiger partial charge on any atom is -0.337 e. The summed E-state index contributed by atoms with van der Waals surface area (Å²) in [4.78, 5) is 15.9. The lowest BCUT2D eigenvalue weighted by Gasteiger charge is -2.39. The van der Waals surface area contributed by atoms with E-state index in [2.05, 4.69) is 35.7 Å². The number of carbonyl (C=O) groups is 1. The fourth-order valence-corrected chi connectivity index (χ4v) is 4.35. The number of nitrogens with zero attached hydrogens (tertiary/aromatic N) is 2. The molecule has 5 heteroatoms. The zero-order valence-corrected chi connectivity index (χ0v) is 13.8. The topological polar surface area (TPSA) is 35.6 Å². The first kappa shape index (κ1) is 15.0. The molecule has 1 N–H and O–H groups in total. The molecule has 3 rings (SSSR count). The predicted molar refractivity (Wildman–Crippen MR) is 86.1 cm³/mol. The van der Waals surface area contributed by atoms with Crippen molar-refractivity contribution in [3.05, 3.63) is 21.9 Å². The number of piperidine rings is 1. The summed E-state index contributed by atoms with van der Waals surface area (Å²) in [7, 11) is 0. The van der Waals surface area contributed by atoms with Crippen molar-refractivity contribution < 1.29 is 4.79 Å². The van der Waals surface area contributed by atoms with E-state index in [1.54, 1.807) is 0 Å². The quantitative estimate of drug-likeness (QED) is 0.931. The van der Waals surface area contributed by atoms with Crippen LogP contribution in [-0.2, 0) is 17.8 Å². The highest BCUT2D eigenvalue weighted by Gasteiger charge is 2.26. The summed E-state index contributed by atoms with van der Waals surface area (Å²) in [5, 5.41) is 4.41. The van der Waals surface area contributed by atoms with Gasteiger partial charge in [0.25, 0.3) is 0 Å². The molecule has 116 valence electrons. The van der Waals surface area contributed by atoms with Crippen molar-refractivity contribution in [1.82, 2.24) is 15.3 Å². The van der Waals surface area contributed by atoms with Gasteiger partial charge < -0.3 is 4.90 Å². The molecule has 2 unspecified atom stereocenters. The third-order valence-corrected chi connectivity index (χ3v) is 5.79. The van der Waals surface area contributed by atoms with Gasteiger partial charge in [0.1, 0.15) is 0 Å². The highest BCUT2D eigenvalue weighted by atomic mass is 32.1. The third-order valence-electron chi connectivity index (χ3n) is 4.77. The number of thiophene rings is 1. The van der Waals surface area contributed by atoms with Crippen LogP contribution in [0.15, 0.2) is 11.4 Å². The van der Waals surface area contributed by atoms with Crippen LogP contribution in [0.5, 0.6) is 0 Å². The van der Waals surface area contributed by atoms with Gasteiger partial charge in [-0.2, -0.15) is 0 Å². The maximum absolute atomic E-state index is 12.4. The molecule has 0 saturated carbocycles. The molecule has 3 heterocycles. The maximum Gasteiger partial charge on any atom is 0.238 e. The molecule has 2 aliphatic rings. The second-order valence-electron chi connectivity index (χ2n) is 6.31. The standard InChI is InChI=1S/C16H25N3OS/c1-12-4-3-5-13(2)19(12)17-10-16(20)18-8-6-15-14(11-18)7-9-21-15/h7,9,12-13,17H,3-6,8,10-11H2,1-2H3. The fraction of sp³-hybridized carbons (Fsp3) is 0.688. The molecule has 1 saturated heterocycles. The van der Waals surface area contributed by atoms with Crippen LogP contribution in [0.4, 0.5) is 0 Å². The van der Waals surface area contributed by atoms with E-state index >= 15 is 0 Å². The number of hydrogen-bond acceptors (Lipinski definition) is 4. The fourth-order valence-electron chi connectivity index (χ4n) is 3.47. The molecular formula is C16H25N3OS. The molecule has 1 aromatic heterocycles. The van der Waals surface area contributed by atoms with Gasteiger partial charge in [0.05, 0.1) is 6.54 Å². The van der Waals surface area contributed by atoms with Crippen molar-refractivity contribution in [3.8, 4) is 0 Å². The Morgan fingerprint density at radius 1 is 1.38 bits per heavy atom. The van der Waals surface area contributed by atoms with E-state index < -0.39 is 0 Å². The summed E-state index contributed by atoms with van der Waals surface area (Å²) >= 11 is 1.81. The van der Waals surface area contributed by atoms with Gasteiger partial charge in [-0.3, -0.25) is 4.79 Å². The minimum atomic E-state index is 0.219. The van der Waals surface area contributed by atoms with Crippen LogP contribution in [0, 0.1) is 0 Å². The molecule has 0 spiro atoms. The molecule has 21 heavy (non-hydrogen) atoms. The maximum atomic E-state index is 12.4. The highest BCUT2D eigenvalue weighted by molar-refractivity contribution is 7.10. The summed E-state index contributed by atoms with van der Waals surface area (Å²) < 4.78 is 0. The largest absolute Gasteiger partial charge is 0.337 e. The number of carbonyl (C=O) groups excluding carboxylic acids is 1. The molecule has 1 fully saturated rings. The zero-order chi connectivity index (χ0) is 14.8. The number of nitrogens with one attached hydrogen (secondary N) is 1. The van der Waals surface area contributed by atoms with E-state index in [0.717, 1.165) is 19.5 Å². The summed E-state index contributed by atoms with van der Waals surface area (Å²) in [6.45, 7) is 6.55. The van der Waals surface area contributed by atoms with Gasteiger partial charge in [0, 0.05) is 30.1 Å². The van der Waals surface area contributed by atoms with E-state index in [4.69, 9.17) is 0 Å². The van der Waals surface area contributed by atoms with E-state index in [1.165, 1.54) is 29.7 Å². The highest BCUT2D eigenvalue weighted by Crippen LogP contribution is 2.24. The van der Waals surface area contributed by atoms with E-state index in [9.17, 15) is 4.79 Å². The Bertz CT molecular complexity index is 491. The number of rotatable bonds is 3. The second-order valence-corrected chi connectivity index (χ2v) is 7.31. The summed E-state index contributed by atoms with van der Waals surface area (Å²) in [6, 6.07) is 3.19. The number of fused-ring (bicyclic) bond motifs is 1. The SMILES string of the molecule is CC1CCCC(C)N1NCC(=O)N1CCc2sccc2C1. The van der Waals surface area contributed by atoms with Crippen LogP contribution in [0.25, 0.3) is 0 Å². The van der Waals surface area contributed by atoms with Crippen LogP contribution >= 0.6 is 11.3 Å². The minimum absolute atomic E-state index is 0.219. The average molecular weight is 307 g/mol. The van der Waals surface area contributed by atoms with Crippen molar-refractivity contribution in [2.45, 2.75) is 58.2 Å². The van der Waals surface area contributed by atoms with Gasteiger partial charge in [-0.15, -0.1) is 11.3 Å². The molecule has 0 aliphatic carbocycles. The Hall–Kier alpha value is -0.910.